The van der Waals surface area contributed by atoms with Crippen LogP contribution < -0.4 is 5.32 Å². The largest absolute Gasteiger partial charge is 0.460 e. The second-order valence-corrected chi connectivity index (χ2v) is 4.88. The van der Waals surface area contributed by atoms with Gasteiger partial charge < -0.3 is 15.0 Å². The first-order valence-electron chi connectivity index (χ1n) is 6.32. The minimum Gasteiger partial charge on any atom is -0.460 e. The molecule has 18 heavy (non-hydrogen) atoms. The lowest BCUT2D eigenvalue weighted by Crippen LogP contribution is -2.25. The third kappa shape index (κ3) is 3.74. The second kappa shape index (κ2) is 5.87. The molecule has 1 aromatic carbocycles. The van der Waals surface area contributed by atoms with Crippen molar-refractivity contribution >= 4 is 11.7 Å². The van der Waals surface area contributed by atoms with Crippen molar-refractivity contribution in [2.75, 3.05) is 32.0 Å². The van der Waals surface area contributed by atoms with Crippen molar-refractivity contribution in [2.45, 2.75) is 19.4 Å². The number of hydrogen-bond donors (Lipinski definition) is 1. The smallest absolute Gasteiger partial charge is 0.325 e. The quantitative estimate of drug-likeness (QED) is 0.823. The number of carbonyl (C=O) groups is 1. The summed E-state index contributed by atoms with van der Waals surface area (Å²) in [6, 6.07) is 7.96. The van der Waals surface area contributed by atoms with E-state index in [2.05, 4.69) is 10.2 Å². The molecule has 98 valence electrons. The van der Waals surface area contributed by atoms with Gasteiger partial charge in [0.25, 0.3) is 0 Å². The normalized spacial score (nSPS) is 19.8. The molecular formula is C14H20N2O2. The molecule has 0 saturated carbocycles. The highest BCUT2D eigenvalue weighted by atomic mass is 16.5. The SMILES string of the molecule is Cc1ccc(NCC(=O)OC2CCN(C)C2)cc1. The number of hydrogen-bond acceptors (Lipinski definition) is 4. The highest BCUT2D eigenvalue weighted by Crippen LogP contribution is 2.11. The van der Waals surface area contributed by atoms with Gasteiger partial charge in [0.1, 0.15) is 12.6 Å². The van der Waals surface area contributed by atoms with E-state index in [1.807, 2.05) is 38.2 Å². The van der Waals surface area contributed by atoms with Crippen molar-refractivity contribution < 1.29 is 9.53 Å². The van der Waals surface area contributed by atoms with Crippen LogP contribution in [0.15, 0.2) is 24.3 Å². The van der Waals surface area contributed by atoms with Crippen LogP contribution in [0.25, 0.3) is 0 Å². The number of aryl methyl sites for hydroxylation is 1. The Kier molecular flexibility index (Phi) is 4.20. The average molecular weight is 248 g/mol. The Morgan fingerprint density at radius 2 is 2.17 bits per heavy atom. The standard InChI is InChI=1S/C14H20N2O2/c1-11-3-5-12(6-4-11)15-9-14(17)18-13-7-8-16(2)10-13/h3-6,13,15H,7-10H2,1-2H3. The van der Waals surface area contributed by atoms with Crippen LogP contribution >= 0.6 is 0 Å². The Morgan fingerprint density at radius 3 is 2.78 bits per heavy atom. The monoisotopic (exact) mass is 248 g/mol. The minimum atomic E-state index is -0.184. The molecule has 1 aliphatic heterocycles. The van der Waals surface area contributed by atoms with Crippen molar-refractivity contribution in [1.82, 2.24) is 4.90 Å². The minimum absolute atomic E-state index is 0.0577. The fourth-order valence-corrected chi connectivity index (χ4v) is 2.06. The van der Waals surface area contributed by atoms with E-state index < -0.39 is 0 Å². The number of esters is 1. The van der Waals surface area contributed by atoms with Gasteiger partial charge in [-0.3, -0.25) is 4.79 Å². The van der Waals surface area contributed by atoms with Gasteiger partial charge in [0.2, 0.25) is 0 Å². The number of likely N-dealkylation sites (N-methyl/N-ethyl adjacent to an activating group) is 1. The molecule has 0 radical (unpaired) electrons. The number of carbonyl (C=O) groups excluding carboxylic acids is 1. The van der Waals surface area contributed by atoms with Gasteiger partial charge in [-0.25, -0.2) is 0 Å². The van der Waals surface area contributed by atoms with Gasteiger partial charge in [-0.05, 0) is 32.5 Å². The maximum absolute atomic E-state index is 11.6. The zero-order valence-corrected chi connectivity index (χ0v) is 11.0. The Bertz CT molecular complexity index is 403. The molecule has 0 spiro atoms. The van der Waals surface area contributed by atoms with Gasteiger partial charge in [-0.1, -0.05) is 17.7 Å². The topological polar surface area (TPSA) is 41.6 Å². The van der Waals surface area contributed by atoms with E-state index in [1.54, 1.807) is 0 Å². The van der Waals surface area contributed by atoms with Gasteiger partial charge >= 0.3 is 5.97 Å². The number of benzene rings is 1. The van der Waals surface area contributed by atoms with E-state index in [9.17, 15) is 4.79 Å². The molecule has 1 aliphatic rings. The van der Waals surface area contributed by atoms with Crippen molar-refractivity contribution in [1.29, 1.82) is 0 Å². The van der Waals surface area contributed by atoms with Crippen LogP contribution in [-0.2, 0) is 9.53 Å². The average Bonchev–Trinajstić information content (AvgIpc) is 2.74. The fraction of sp³-hybridized carbons (Fsp3) is 0.500. The first-order valence-corrected chi connectivity index (χ1v) is 6.32. The van der Waals surface area contributed by atoms with Crippen LogP contribution in [0.5, 0.6) is 0 Å². The molecule has 1 heterocycles. The number of ether oxygens (including phenoxy) is 1. The summed E-state index contributed by atoms with van der Waals surface area (Å²) in [7, 11) is 2.04. The molecule has 1 saturated heterocycles. The van der Waals surface area contributed by atoms with Crippen molar-refractivity contribution in [3.8, 4) is 0 Å². The lowest BCUT2D eigenvalue weighted by Gasteiger charge is -2.13. The van der Waals surface area contributed by atoms with Crippen molar-refractivity contribution in [2.24, 2.45) is 0 Å². The van der Waals surface area contributed by atoms with Crippen LogP contribution in [0.2, 0.25) is 0 Å². The van der Waals surface area contributed by atoms with E-state index in [0.717, 1.165) is 25.2 Å². The van der Waals surface area contributed by atoms with Crippen LogP contribution in [-0.4, -0.2) is 43.7 Å². The Hall–Kier alpha value is -1.55. The number of likely N-dealkylation sites (tertiary alicyclic amines) is 1. The summed E-state index contributed by atoms with van der Waals surface area (Å²) in [4.78, 5) is 13.8. The maximum Gasteiger partial charge on any atom is 0.325 e. The van der Waals surface area contributed by atoms with Gasteiger partial charge in [0.15, 0.2) is 0 Å². The van der Waals surface area contributed by atoms with Gasteiger partial charge in [0, 0.05) is 18.8 Å². The second-order valence-electron chi connectivity index (χ2n) is 4.88. The lowest BCUT2D eigenvalue weighted by molar-refractivity contribution is -0.146. The number of anilines is 1. The number of rotatable bonds is 4. The fourth-order valence-electron chi connectivity index (χ4n) is 2.06. The molecule has 0 aromatic heterocycles. The third-order valence-electron chi connectivity index (χ3n) is 3.13. The van der Waals surface area contributed by atoms with Crippen LogP contribution in [0.3, 0.4) is 0 Å². The predicted octanol–water partition coefficient (Wildman–Crippen LogP) is 1.65. The molecular weight excluding hydrogens is 228 g/mol. The van der Waals surface area contributed by atoms with Crippen molar-refractivity contribution in [3.63, 3.8) is 0 Å². The zero-order valence-electron chi connectivity index (χ0n) is 11.0. The Labute approximate surface area is 108 Å². The summed E-state index contributed by atoms with van der Waals surface area (Å²) in [6.45, 7) is 4.11. The highest BCUT2D eigenvalue weighted by Gasteiger charge is 2.22. The molecule has 0 bridgehead atoms. The van der Waals surface area contributed by atoms with E-state index in [4.69, 9.17) is 4.74 Å². The van der Waals surface area contributed by atoms with E-state index in [0.29, 0.717) is 0 Å². The van der Waals surface area contributed by atoms with E-state index >= 15 is 0 Å². The predicted molar refractivity (Wildman–Crippen MR) is 71.7 cm³/mol. The Morgan fingerprint density at radius 1 is 1.44 bits per heavy atom. The molecule has 4 heteroatoms. The van der Waals surface area contributed by atoms with Crippen LogP contribution in [0.4, 0.5) is 5.69 Å². The van der Waals surface area contributed by atoms with Crippen LogP contribution in [0, 0.1) is 6.92 Å². The molecule has 1 atom stereocenters. The lowest BCUT2D eigenvalue weighted by atomic mass is 10.2. The third-order valence-corrected chi connectivity index (χ3v) is 3.13. The van der Waals surface area contributed by atoms with Gasteiger partial charge in [-0.15, -0.1) is 0 Å². The summed E-state index contributed by atoms with van der Waals surface area (Å²) in [5, 5.41) is 3.07. The Balaban J connectivity index is 1.73. The molecule has 0 aliphatic carbocycles. The number of nitrogens with zero attached hydrogens (tertiary/aromatic N) is 1. The van der Waals surface area contributed by atoms with Gasteiger partial charge in [-0.2, -0.15) is 0 Å². The first-order chi connectivity index (χ1) is 8.63. The zero-order chi connectivity index (χ0) is 13.0. The van der Waals surface area contributed by atoms with Gasteiger partial charge in [0.05, 0.1) is 0 Å². The molecule has 2 rings (SSSR count). The summed E-state index contributed by atoms with van der Waals surface area (Å²) >= 11 is 0. The molecule has 1 unspecified atom stereocenters. The van der Waals surface area contributed by atoms with Crippen molar-refractivity contribution in [3.05, 3.63) is 29.8 Å². The molecule has 1 aromatic rings. The molecule has 1 fully saturated rings. The molecule has 4 nitrogen and oxygen atoms in total. The summed E-state index contributed by atoms with van der Waals surface area (Å²) in [5.41, 5.74) is 2.15. The number of nitrogens with one attached hydrogen (secondary N) is 1. The van der Waals surface area contributed by atoms with Crippen LogP contribution in [0.1, 0.15) is 12.0 Å². The first kappa shape index (κ1) is 12.9. The maximum atomic E-state index is 11.6. The molecule has 0 amide bonds. The molecule has 1 N–H and O–H groups in total. The summed E-state index contributed by atoms with van der Waals surface area (Å²) < 4.78 is 5.38. The highest BCUT2D eigenvalue weighted by molar-refractivity contribution is 5.75. The van der Waals surface area contributed by atoms with E-state index in [-0.39, 0.29) is 18.6 Å². The summed E-state index contributed by atoms with van der Waals surface area (Å²) in [5.74, 6) is -0.184. The summed E-state index contributed by atoms with van der Waals surface area (Å²) in [6.07, 6.45) is 0.995. The van der Waals surface area contributed by atoms with E-state index in [1.165, 1.54) is 5.56 Å².